The van der Waals surface area contributed by atoms with Crippen molar-refractivity contribution in [1.29, 1.82) is 0 Å². The molecule has 27 heavy (non-hydrogen) atoms. The smallest absolute Gasteiger partial charge is 0.352 e. The minimum Gasteiger partial charge on any atom is -0.462 e. The number of benzene rings is 1. The quantitative estimate of drug-likeness (QED) is 0.722. The number of carbonyl (C=O) groups excluding carboxylic acids is 3. The normalized spacial score (nSPS) is 13.1. The maximum absolute atomic E-state index is 12.9. The van der Waals surface area contributed by atoms with Crippen LogP contribution < -0.4 is 4.74 Å². The lowest BCUT2D eigenvalue weighted by molar-refractivity contribution is -0.131. The van der Waals surface area contributed by atoms with Gasteiger partial charge in [0.15, 0.2) is 10.6 Å². The number of thiophene rings is 1. The van der Waals surface area contributed by atoms with Crippen LogP contribution in [0.1, 0.15) is 44.3 Å². The molecular weight excluding hydrogens is 390 g/mol. The molecule has 0 unspecified atom stereocenters. The second-order valence-electron chi connectivity index (χ2n) is 5.93. The van der Waals surface area contributed by atoms with Crippen molar-refractivity contribution >= 4 is 40.8 Å². The van der Waals surface area contributed by atoms with Crippen LogP contribution in [0.4, 0.5) is 0 Å². The van der Waals surface area contributed by atoms with Crippen molar-refractivity contribution in [2.75, 3.05) is 13.2 Å². The van der Waals surface area contributed by atoms with Crippen LogP contribution in [0.2, 0.25) is 5.02 Å². The number of fused-ring (bicyclic) bond motifs is 1. The van der Waals surface area contributed by atoms with E-state index in [-0.39, 0.29) is 29.7 Å². The predicted molar refractivity (Wildman–Crippen MR) is 101 cm³/mol. The zero-order valence-electron chi connectivity index (χ0n) is 14.9. The van der Waals surface area contributed by atoms with E-state index in [4.69, 9.17) is 21.1 Å². The molecule has 2 heterocycles. The van der Waals surface area contributed by atoms with Crippen LogP contribution in [-0.2, 0) is 22.5 Å². The number of carbonyl (C=O) groups is 3. The molecule has 0 spiro atoms. The molecule has 2 aromatic rings. The molecule has 0 atom stereocenters. The molecular formula is C19H18ClNO5S. The fraction of sp³-hybridized carbons (Fsp3) is 0.316. The molecule has 1 aliphatic heterocycles. The highest BCUT2D eigenvalue weighted by Crippen LogP contribution is 2.40. The van der Waals surface area contributed by atoms with Gasteiger partial charge in [0.2, 0.25) is 0 Å². The second-order valence-corrected chi connectivity index (χ2v) is 7.45. The third-order valence-corrected chi connectivity index (χ3v) is 5.68. The Balaban J connectivity index is 1.94. The zero-order chi connectivity index (χ0) is 19.6. The summed E-state index contributed by atoms with van der Waals surface area (Å²) in [4.78, 5) is 39.4. The number of esters is 2. The number of hydrogen-bond acceptors (Lipinski definition) is 6. The number of ether oxygens (including phenoxy) is 2. The van der Waals surface area contributed by atoms with E-state index in [1.807, 2.05) is 0 Å². The summed E-state index contributed by atoms with van der Waals surface area (Å²) in [5.41, 5.74) is 1.09. The zero-order valence-corrected chi connectivity index (χ0v) is 16.5. The Morgan fingerprint density at radius 2 is 2.00 bits per heavy atom. The molecule has 0 aliphatic carbocycles. The number of nitrogens with zero attached hydrogens (tertiary/aromatic N) is 1. The van der Waals surface area contributed by atoms with Gasteiger partial charge in [-0.25, -0.2) is 4.79 Å². The van der Waals surface area contributed by atoms with Gasteiger partial charge in [-0.15, -0.1) is 11.3 Å². The average molecular weight is 408 g/mol. The van der Waals surface area contributed by atoms with Gasteiger partial charge in [0.1, 0.15) is 0 Å². The van der Waals surface area contributed by atoms with Gasteiger partial charge in [-0.1, -0.05) is 23.7 Å². The number of amides is 1. The van der Waals surface area contributed by atoms with E-state index in [2.05, 4.69) is 0 Å². The topological polar surface area (TPSA) is 72.9 Å². The fourth-order valence-corrected chi connectivity index (χ4v) is 4.26. The van der Waals surface area contributed by atoms with Crippen LogP contribution in [0.5, 0.6) is 5.75 Å². The minimum absolute atomic E-state index is 0.192. The number of rotatable bonds is 4. The molecule has 0 saturated carbocycles. The monoisotopic (exact) mass is 407 g/mol. The van der Waals surface area contributed by atoms with E-state index >= 15 is 0 Å². The summed E-state index contributed by atoms with van der Waals surface area (Å²) in [5.74, 6) is -1.07. The van der Waals surface area contributed by atoms with Crippen LogP contribution in [0.3, 0.4) is 0 Å². The van der Waals surface area contributed by atoms with E-state index in [0.29, 0.717) is 29.1 Å². The van der Waals surface area contributed by atoms with E-state index in [1.54, 1.807) is 36.1 Å². The molecule has 1 aromatic heterocycles. The summed E-state index contributed by atoms with van der Waals surface area (Å²) >= 11 is 7.39. The highest BCUT2D eigenvalue weighted by Gasteiger charge is 2.32. The lowest BCUT2D eigenvalue weighted by atomic mass is 10.1. The Bertz CT molecular complexity index is 908. The van der Waals surface area contributed by atoms with Gasteiger partial charge in [0, 0.05) is 23.9 Å². The van der Waals surface area contributed by atoms with E-state index in [9.17, 15) is 14.4 Å². The maximum Gasteiger partial charge on any atom is 0.352 e. The molecule has 0 saturated heterocycles. The number of halogens is 1. The summed E-state index contributed by atoms with van der Waals surface area (Å²) in [6, 6.07) is 6.85. The van der Waals surface area contributed by atoms with Crippen molar-refractivity contribution in [3.8, 4) is 5.75 Å². The Labute approximate surface area is 165 Å². The Kier molecular flexibility index (Phi) is 5.82. The van der Waals surface area contributed by atoms with Gasteiger partial charge in [-0.3, -0.25) is 9.59 Å². The van der Waals surface area contributed by atoms with E-state index in [1.165, 1.54) is 18.3 Å². The standard InChI is InChI=1S/C19H18ClNO5S/c1-3-25-19(24)17-16(26-11(2)22)13-10-21(9-8-15(13)27-17)18(23)12-6-4-5-7-14(12)20/h4-7H,3,8-10H2,1-2H3. The highest BCUT2D eigenvalue weighted by molar-refractivity contribution is 7.14. The van der Waals surface area contributed by atoms with Gasteiger partial charge < -0.3 is 14.4 Å². The first-order valence-electron chi connectivity index (χ1n) is 8.46. The van der Waals surface area contributed by atoms with Crippen LogP contribution >= 0.6 is 22.9 Å². The first-order chi connectivity index (χ1) is 12.9. The summed E-state index contributed by atoms with van der Waals surface area (Å²) in [6.07, 6.45) is 0.559. The average Bonchev–Trinajstić information content (AvgIpc) is 2.99. The van der Waals surface area contributed by atoms with Gasteiger partial charge in [-0.05, 0) is 25.5 Å². The molecule has 0 fully saturated rings. The van der Waals surface area contributed by atoms with Crippen LogP contribution in [0.15, 0.2) is 24.3 Å². The molecule has 6 nitrogen and oxygen atoms in total. The third kappa shape index (κ3) is 3.99. The predicted octanol–water partition coefficient (Wildman–Crippen LogP) is 3.70. The molecule has 0 bridgehead atoms. The maximum atomic E-state index is 12.9. The molecule has 142 valence electrons. The van der Waals surface area contributed by atoms with Gasteiger partial charge >= 0.3 is 11.9 Å². The molecule has 1 aliphatic rings. The molecule has 3 rings (SSSR count). The SMILES string of the molecule is CCOC(=O)c1sc2c(c1OC(C)=O)CN(C(=O)c1ccccc1Cl)CC2. The van der Waals surface area contributed by atoms with Crippen molar-refractivity contribution < 1.29 is 23.9 Å². The Morgan fingerprint density at radius 1 is 1.26 bits per heavy atom. The van der Waals surface area contributed by atoms with Crippen molar-refractivity contribution in [1.82, 2.24) is 4.90 Å². The lowest BCUT2D eigenvalue weighted by Gasteiger charge is -2.27. The summed E-state index contributed by atoms with van der Waals surface area (Å²) in [6.45, 7) is 3.92. The Morgan fingerprint density at radius 3 is 2.67 bits per heavy atom. The van der Waals surface area contributed by atoms with Crippen LogP contribution in [0, 0.1) is 0 Å². The highest BCUT2D eigenvalue weighted by atomic mass is 35.5. The first-order valence-corrected chi connectivity index (χ1v) is 9.65. The third-order valence-electron chi connectivity index (χ3n) is 4.10. The summed E-state index contributed by atoms with van der Waals surface area (Å²) in [7, 11) is 0. The molecule has 0 radical (unpaired) electrons. The molecule has 8 heteroatoms. The summed E-state index contributed by atoms with van der Waals surface area (Å²) in [5, 5.41) is 0.381. The van der Waals surface area contributed by atoms with Crippen LogP contribution in [-0.4, -0.2) is 35.9 Å². The van der Waals surface area contributed by atoms with E-state index in [0.717, 1.165) is 4.88 Å². The van der Waals surface area contributed by atoms with Gasteiger partial charge in [0.05, 0.1) is 23.7 Å². The first kappa shape index (κ1) is 19.4. The lowest BCUT2D eigenvalue weighted by Crippen LogP contribution is -2.35. The van der Waals surface area contributed by atoms with Crippen molar-refractivity contribution in [2.24, 2.45) is 0 Å². The van der Waals surface area contributed by atoms with Crippen molar-refractivity contribution in [3.63, 3.8) is 0 Å². The van der Waals surface area contributed by atoms with Crippen LogP contribution in [0.25, 0.3) is 0 Å². The van der Waals surface area contributed by atoms with Crippen molar-refractivity contribution in [3.05, 3.63) is 50.2 Å². The Hall–Kier alpha value is -2.38. The molecule has 0 N–H and O–H groups in total. The molecule has 1 amide bonds. The summed E-state index contributed by atoms with van der Waals surface area (Å²) < 4.78 is 10.4. The van der Waals surface area contributed by atoms with Gasteiger partial charge in [-0.2, -0.15) is 0 Å². The molecule has 1 aromatic carbocycles. The van der Waals surface area contributed by atoms with Crippen molar-refractivity contribution in [2.45, 2.75) is 26.8 Å². The van der Waals surface area contributed by atoms with E-state index < -0.39 is 11.9 Å². The van der Waals surface area contributed by atoms with Gasteiger partial charge in [0.25, 0.3) is 5.91 Å². The minimum atomic E-state index is -0.532. The largest absolute Gasteiger partial charge is 0.462 e. The number of hydrogen-bond donors (Lipinski definition) is 0. The second kappa shape index (κ2) is 8.10. The fourth-order valence-electron chi connectivity index (χ4n) is 2.92.